The van der Waals surface area contributed by atoms with Crippen molar-refractivity contribution in [2.24, 2.45) is 0 Å². The Labute approximate surface area is 127 Å². The molecule has 0 saturated heterocycles. The average molecular weight is 324 g/mol. The topological polar surface area (TPSA) is 76.1 Å². The van der Waals surface area contributed by atoms with E-state index < -0.39 is 9.84 Å². The van der Waals surface area contributed by atoms with E-state index in [0.717, 1.165) is 49.3 Å². The molecule has 0 fully saturated rings. The van der Waals surface area contributed by atoms with Crippen LogP contribution in [0.1, 0.15) is 21.8 Å². The Morgan fingerprint density at radius 3 is 2.86 bits per heavy atom. The minimum atomic E-state index is -3.34. The van der Waals surface area contributed by atoms with Gasteiger partial charge in [-0.25, -0.2) is 23.4 Å². The second-order valence-electron chi connectivity index (χ2n) is 5.22. The van der Waals surface area contributed by atoms with Gasteiger partial charge in [0.15, 0.2) is 0 Å². The molecule has 0 aliphatic carbocycles. The molecule has 0 unspecified atom stereocenters. The van der Waals surface area contributed by atoms with Gasteiger partial charge in [0, 0.05) is 48.9 Å². The highest BCUT2D eigenvalue weighted by atomic mass is 32.2. The summed E-state index contributed by atoms with van der Waals surface area (Å²) >= 11 is 1.67. The third-order valence-electron chi connectivity index (χ3n) is 3.53. The molecule has 1 aliphatic heterocycles. The molecule has 1 aliphatic rings. The predicted molar refractivity (Wildman–Crippen MR) is 79.8 cm³/mol. The Kier molecular flexibility index (Phi) is 3.76. The zero-order chi connectivity index (χ0) is 15.0. The van der Waals surface area contributed by atoms with Crippen LogP contribution in [-0.2, 0) is 29.3 Å². The van der Waals surface area contributed by atoms with Gasteiger partial charge < -0.3 is 0 Å². The minimum absolute atomic E-state index is 0.0759. The summed E-state index contributed by atoms with van der Waals surface area (Å²) in [5, 5.41) is -0.0759. The fourth-order valence-corrected chi connectivity index (χ4v) is 3.69. The third-order valence-corrected chi connectivity index (χ3v) is 5.31. The first-order valence-electron chi connectivity index (χ1n) is 6.59. The van der Waals surface area contributed by atoms with Crippen molar-refractivity contribution in [1.82, 2.24) is 19.9 Å². The highest BCUT2D eigenvalue weighted by molar-refractivity contribution is 7.90. The first-order valence-corrected chi connectivity index (χ1v) is 9.37. The zero-order valence-corrected chi connectivity index (χ0v) is 13.5. The predicted octanol–water partition coefficient (Wildman–Crippen LogP) is 1.20. The highest BCUT2D eigenvalue weighted by Gasteiger charge is 2.21. The van der Waals surface area contributed by atoms with Crippen molar-refractivity contribution < 1.29 is 8.42 Å². The van der Waals surface area contributed by atoms with Crippen molar-refractivity contribution in [3.05, 3.63) is 33.5 Å². The summed E-state index contributed by atoms with van der Waals surface area (Å²) in [4.78, 5) is 16.0. The monoisotopic (exact) mass is 324 g/mol. The lowest BCUT2D eigenvalue weighted by Crippen LogP contribution is -2.31. The summed E-state index contributed by atoms with van der Waals surface area (Å²) in [5.41, 5.74) is 4.80. The van der Waals surface area contributed by atoms with Crippen LogP contribution in [0.15, 0.2) is 16.9 Å². The molecule has 21 heavy (non-hydrogen) atoms. The van der Waals surface area contributed by atoms with Gasteiger partial charge in [-0.1, -0.05) is 0 Å². The lowest BCUT2D eigenvalue weighted by Gasteiger charge is -2.27. The number of hydrogen-bond donors (Lipinski definition) is 0. The largest absolute Gasteiger partial charge is 0.293 e. The smallest absolute Gasteiger partial charge is 0.246 e. The quantitative estimate of drug-likeness (QED) is 0.790. The first-order chi connectivity index (χ1) is 9.93. The van der Waals surface area contributed by atoms with Crippen LogP contribution >= 0.6 is 11.3 Å². The molecule has 3 rings (SSSR count). The molecule has 0 bridgehead atoms. The molecule has 0 N–H and O–H groups in total. The Morgan fingerprint density at radius 2 is 2.19 bits per heavy atom. The average Bonchev–Trinajstić information content (AvgIpc) is 2.82. The molecule has 8 heteroatoms. The Balaban J connectivity index is 1.79. The Morgan fingerprint density at radius 1 is 1.38 bits per heavy atom. The molecule has 3 heterocycles. The Bertz CT molecular complexity index is 770. The van der Waals surface area contributed by atoms with Crippen LogP contribution in [0.4, 0.5) is 0 Å². The number of hydrogen-bond acceptors (Lipinski definition) is 7. The van der Waals surface area contributed by atoms with Crippen molar-refractivity contribution in [2.45, 2.75) is 31.6 Å². The van der Waals surface area contributed by atoms with Gasteiger partial charge in [-0.3, -0.25) is 4.90 Å². The van der Waals surface area contributed by atoms with E-state index in [1.54, 1.807) is 17.5 Å². The summed E-state index contributed by atoms with van der Waals surface area (Å²) in [6.07, 6.45) is 3.53. The number of nitrogens with zero attached hydrogens (tertiary/aromatic N) is 4. The summed E-state index contributed by atoms with van der Waals surface area (Å²) < 4.78 is 23.0. The van der Waals surface area contributed by atoms with Crippen LogP contribution in [0.2, 0.25) is 0 Å². The first kappa shape index (κ1) is 14.6. The number of fused-ring (bicyclic) bond motifs is 1. The summed E-state index contributed by atoms with van der Waals surface area (Å²) in [6, 6.07) is 0. The zero-order valence-electron chi connectivity index (χ0n) is 11.9. The molecule has 112 valence electrons. The van der Waals surface area contributed by atoms with Gasteiger partial charge in [0.05, 0.1) is 16.9 Å². The second-order valence-corrected chi connectivity index (χ2v) is 8.07. The highest BCUT2D eigenvalue weighted by Crippen LogP contribution is 2.22. The summed E-state index contributed by atoms with van der Waals surface area (Å²) in [7, 11) is -3.34. The van der Waals surface area contributed by atoms with Crippen molar-refractivity contribution in [1.29, 1.82) is 0 Å². The van der Waals surface area contributed by atoms with Crippen molar-refractivity contribution >= 4 is 21.2 Å². The van der Waals surface area contributed by atoms with Gasteiger partial charge in [0.2, 0.25) is 15.0 Å². The summed E-state index contributed by atoms with van der Waals surface area (Å²) in [6.45, 7) is 4.50. The van der Waals surface area contributed by atoms with Crippen molar-refractivity contribution in [2.75, 3.05) is 12.8 Å². The summed E-state index contributed by atoms with van der Waals surface area (Å²) in [5.74, 6) is 0. The molecule has 6 nitrogen and oxygen atoms in total. The maximum atomic E-state index is 11.5. The molecule has 0 amide bonds. The maximum absolute atomic E-state index is 11.5. The maximum Gasteiger partial charge on any atom is 0.246 e. The molecule has 2 aromatic rings. The Hall–Kier alpha value is -1.38. The minimum Gasteiger partial charge on any atom is -0.293 e. The van der Waals surface area contributed by atoms with E-state index >= 15 is 0 Å². The molecule has 0 radical (unpaired) electrons. The van der Waals surface area contributed by atoms with Crippen LogP contribution in [0.5, 0.6) is 0 Å². The molecule has 2 aromatic heterocycles. The number of aryl methyl sites for hydroxylation is 1. The van der Waals surface area contributed by atoms with Crippen LogP contribution < -0.4 is 0 Å². The van der Waals surface area contributed by atoms with E-state index in [-0.39, 0.29) is 5.16 Å². The van der Waals surface area contributed by atoms with E-state index in [1.807, 2.05) is 12.4 Å². The standard InChI is InChI=1S/C13H16N4O2S2/c1-9-12(20-8-15-9)7-17-4-3-11-10(6-17)5-14-13(16-11)21(2,18)19/h5,8H,3-4,6-7H2,1-2H3. The number of aromatic nitrogens is 3. The van der Waals surface area contributed by atoms with Crippen LogP contribution in [-0.4, -0.2) is 41.1 Å². The van der Waals surface area contributed by atoms with Gasteiger partial charge >= 0.3 is 0 Å². The SMILES string of the molecule is Cc1ncsc1CN1CCc2nc(S(C)(=O)=O)ncc2C1. The lowest BCUT2D eigenvalue weighted by atomic mass is 10.1. The van der Waals surface area contributed by atoms with E-state index in [2.05, 4.69) is 19.9 Å². The van der Waals surface area contributed by atoms with Crippen molar-refractivity contribution in [3.8, 4) is 0 Å². The lowest BCUT2D eigenvalue weighted by molar-refractivity contribution is 0.243. The van der Waals surface area contributed by atoms with Crippen molar-refractivity contribution in [3.63, 3.8) is 0 Å². The number of rotatable bonds is 3. The van der Waals surface area contributed by atoms with Gasteiger partial charge in [0.1, 0.15) is 0 Å². The number of sulfone groups is 1. The van der Waals surface area contributed by atoms with Gasteiger partial charge in [-0.15, -0.1) is 11.3 Å². The number of thiazole rings is 1. The van der Waals surface area contributed by atoms with Crippen LogP contribution in [0, 0.1) is 6.92 Å². The van der Waals surface area contributed by atoms with Crippen LogP contribution in [0.25, 0.3) is 0 Å². The third kappa shape index (κ3) is 3.12. The molecule has 0 atom stereocenters. The van der Waals surface area contributed by atoms with E-state index in [4.69, 9.17) is 0 Å². The molecule has 0 spiro atoms. The fourth-order valence-electron chi connectivity index (χ4n) is 2.35. The normalized spacial score (nSPS) is 15.9. The second kappa shape index (κ2) is 5.43. The molecule has 0 saturated carbocycles. The molecular weight excluding hydrogens is 308 g/mol. The van der Waals surface area contributed by atoms with Gasteiger partial charge in [-0.2, -0.15) is 0 Å². The van der Waals surface area contributed by atoms with Gasteiger partial charge in [-0.05, 0) is 6.92 Å². The van der Waals surface area contributed by atoms with E-state index in [1.165, 1.54) is 4.88 Å². The van der Waals surface area contributed by atoms with Gasteiger partial charge in [0.25, 0.3) is 0 Å². The van der Waals surface area contributed by atoms with Crippen LogP contribution in [0.3, 0.4) is 0 Å². The fraction of sp³-hybridized carbons (Fsp3) is 0.462. The molecular formula is C13H16N4O2S2. The van der Waals surface area contributed by atoms with E-state index in [0.29, 0.717) is 0 Å². The molecule has 0 aromatic carbocycles. The van der Waals surface area contributed by atoms with E-state index in [9.17, 15) is 8.42 Å².